The highest BCUT2D eigenvalue weighted by molar-refractivity contribution is 7.92. The molecule has 0 spiro atoms. The van der Waals surface area contributed by atoms with Crippen LogP contribution < -0.4 is 0 Å². The topological polar surface area (TPSA) is 42.3 Å². The van der Waals surface area contributed by atoms with Gasteiger partial charge in [-0.25, -0.2) is 4.21 Å². The van der Waals surface area contributed by atoms with Gasteiger partial charge in [-0.2, -0.15) is 4.36 Å². The largest absolute Gasteiger partial charge is 0.256 e. The lowest BCUT2D eigenvalue weighted by Crippen LogP contribution is -1.89. The van der Waals surface area contributed by atoms with Gasteiger partial charge in [0.15, 0.2) is 0 Å². The molecule has 3 nitrogen and oxygen atoms in total. The van der Waals surface area contributed by atoms with Crippen LogP contribution in [0.5, 0.6) is 0 Å². The van der Waals surface area contributed by atoms with Crippen LogP contribution in [0.15, 0.2) is 34.8 Å². The second kappa shape index (κ2) is 4.03. The van der Waals surface area contributed by atoms with Crippen molar-refractivity contribution in [3.05, 3.63) is 35.5 Å². The van der Waals surface area contributed by atoms with Gasteiger partial charge in [-0.1, -0.05) is 11.6 Å². The Kier molecular flexibility index (Phi) is 2.86. The Morgan fingerprint density at radius 1 is 1.31 bits per heavy atom. The van der Waals surface area contributed by atoms with Crippen molar-refractivity contribution in [2.75, 3.05) is 12.5 Å². The first kappa shape index (κ1) is 11.4. The third kappa shape index (κ3) is 2.51. The number of pyridine rings is 1. The highest BCUT2D eigenvalue weighted by atomic mass is 35.5. The molecule has 2 rings (SSSR count). The highest BCUT2D eigenvalue weighted by Crippen LogP contribution is 2.26. The fourth-order valence-corrected chi connectivity index (χ4v) is 2.24. The number of fused-ring (bicyclic) bond motifs is 1. The number of aromatic nitrogens is 1. The number of halogens is 1. The van der Waals surface area contributed by atoms with Crippen molar-refractivity contribution in [2.24, 2.45) is 4.36 Å². The molecule has 0 unspecified atom stereocenters. The molecule has 0 N–H and O–H groups in total. The maximum absolute atomic E-state index is 11.6. The minimum absolute atomic E-state index is 0.626. The maximum Gasteiger partial charge on any atom is 0.0738 e. The third-order valence-corrected chi connectivity index (χ3v) is 2.98. The van der Waals surface area contributed by atoms with Crippen LogP contribution in [0, 0.1) is 0 Å². The van der Waals surface area contributed by atoms with Gasteiger partial charge in [0.25, 0.3) is 0 Å². The van der Waals surface area contributed by atoms with Crippen LogP contribution in [0.3, 0.4) is 0 Å². The summed E-state index contributed by atoms with van der Waals surface area (Å²) in [6.45, 7) is 0. The normalized spacial score (nSPS) is 11.7. The zero-order valence-corrected chi connectivity index (χ0v) is 10.5. The molecule has 16 heavy (non-hydrogen) atoms. The van der Waals surface area contributed by atoms with E-state index < -0.39 is 9.73 Å². The summed E-state index contributed by atoms with van der Waals surface area (Å²) in [5.41, 5.74) is 1.47. The first-order chi connectivity index (χ1) is 7.46. The van der Waals surface area contributed by atoms with Crippen LogP contribution in [0.4, 0.5) is 5.69 Å². The average Bonchev–Trinajstić information content (AvgIpc) is 2.17. The molecule has 5 heteroatoms. The van der Waals surface area contributed by atoms with Gasteiger partial charge in [0.1, 0.15) is 0 Å². The summed E-state index contributed by atoms with van der Waals surface area (Å²) in [7, 11) is -2.15. The predicted molar refractivity (Wildman–Crippen MR) is 68.8 cm³/mol. The third-order valence-electron chi connectivity index (χ3n) is 2.00. The second-order valence-electron chi connectivity index (χ2n) is 3.77. The molecule has 0 fully saturated rings. The molecule has 1 heterocycles. The molecule has 84 valence electrons. The summed E-state index contributed by atoms with van der Waals surface area (Å²) in [6.07, 6.45) is 4.86. The van der Waals surface area contributed by atoms with Crippen molar-refractivity contribution in [2.45, 2.75) is 0 Å². The van der Waals surface area contributed by atoms with Crippen LogP contribution in [0.2, 0.25) is 5.02 Å². The van der Waals surface area contributed by atoms with Crippen molar-refractivity contribution in [3.63, 3.8) is 0 Å². The fraction of sp³-hybridized carbons (Fsp3) is 0.182. The number of hydrogen-bond acceptors (Lipinski definition) is 3. The number of hydrogen-bond donors (Lipinski definition) is 0. The van der Waals surface area contributed by atoms with Gasteiger partial charge < -0.3 is 0 Å². The van der Waals surface area contributed by atoms with Crippen molar-refractivity contribution >= 4 is 37.9 Å². The Hall–Kier alpha value is -1.13. The summed E-state index contributed by atoms with van der Waals surface area (Å²) in [6, 6.07) is 7.14. The predicted octanol–water partition coefficient (Wildman–Crippen LogP) is 3.25. The lowest BCUT2D eigenvalue weighted by Gasteiger charge is -2.01. The van der Waals surface area contributed by atoms with E-state index in [-0.39, 0.29) is 0 Å². The van der Waals surface area contributed by atoms with E-state index in [1.807, 2.05) is 6.07 Å². The van der Waals surface area contributed by atoms with Crippen molar-refractivity contribution < 1.29 is 4.21 Å². The van der Waals surface area contributed by atoms with Gasteiger partial charge >= 0.3 is 0 Å². The SMILES string of the molecule is CS(C)(=O)=Nc1ccc2nccc(Cl)c2c1. The van der Waals surface area contributed by atoms with E-state index in [0.717, 1.165) is 10.9 Å². The standard InChI is InChI=1S/C11H11ClN2OS/c1-16(2,15)14-8-3-4-11-9(7-8)10(12)5-6-13-11/h3-7H,1-2H3. The molecule has 0 aliphatic carbocycles. The molecule has 0 radical (unpaired) electrons. The Labute approximate surface area is 99.6 Å². The van der Waals surface area contributed by atoms with Crippen LogP contribution in [0.25, 0.3) is 10.9 Å². The van der Waals surface area contributed by atoms with Crippen LogP contribution in [-0.4, -0.2) is 21.7 Å². The van der Waals surface area contributed by atoms with E-state index in [0.29, 0.717) is 10.7 Å². The number of benzene rings is 1. The van der Waals surface area contributed by atoms with Crippen molar-refractivity contribution in [1.82, 2.24) is 4.98 Å². The molecular weight excluding hydrogens is 244 g/mol. The van der Waals surface area contributed by atoms with Gasteiger partial charge in [0.05, 0.1) is 16.2 Å². The van der Waals surface area contributed by atoms with Crippen molar-refractivity contribution in [1.29, 1.82) is 0 Å². The summed E-state index contributed by atoms with van der Waals surface area (Å²) in [4.78, 5) is 4.18. The summed E-state index contributed by atoms with van der Waals surface area (Å²) in [5.74, 6) is 0. The van der Waals surface area contributed by atoms with Crippen LogP contribution in [0.1, 0.15) is 0 Å². The number of nitrogens with zero attached hydrogens (tertiary/aromatic N) is 2. The first-order valence-electron chi connectivity index (χ1n) is 4.67. The van der Waals surface area contributed by atoms with E-state index in [1.54, 1.807) is 36.9 Å². The summed E-state index contributed by atoms with van der Waals surface area (Å²) in [5, 5.41) is 1.45. The monoisotopic (exact) mass is 254 g/mol. The Morgan fingerprint density at radius 2 is 2.06 bits per heavy atom. The maximum atomic E-state index is 11.6. The van der Waals surface area contributed by atoms with Gasteiger partial charge in [-0.3, -0.25) is 4.98 Å². The van der Waals surface area contributed by atoms with Gasteiger partial charge in [0, 0.05) is 33.8 Å². The fourth-order valence-electron chi connectivity index (χ4n) is 1.41. The first-order valence-corrected chi connectivity index (χ1v) is 7.38. The molecule has 1 aromatic heterocycles. The second-order valence-corrected chi connectivity index (χ2v) is 6.72. The van der Waals surface area contributed by atoms with E-state index in [1.165, 1.54) is 0 Å². The van der Waals surface area contributed by atoms with E-state index in [2.05, 4.69) is 9.35 Å². The Balaban J connectivity index is 2.69. The minimum atomic E-state index is -2.15. The summed E-state index contributed by atoms with van der Waals surface area (Å²) < 4.78 is 15.7. The average molecular weight is 255 g/mol. The zero-order chi connectivity index (χ0) is 11.8. The molecule has 0 aliphatic heterocycles. The van der Waals surface area contributed by atoms with E-state index in [9.17, 15) is 4.21 Å². The van der Waals surface area contributed by atoms with E-state index in [4.69, 9.17) is 11.6 Å². The zero-order valence-electron chi connectivity index (χ0n) is 8.98. The highest BCUT2D eigenvalue weighted by Gasteiger charge is 2.01. The molecule has 0 amide bonds. The molecule has 0 aliphatic rings. The quantitative estimate of drug-likeness (QED) is 0.784. The molecule has 0 atom stereocenters. The van der Waals surface area contributed by atoms with Gasteiger partial charge in [-0.15, -0.1) is 0 Å². The minimum Gasteiger partial charge on any atom is -0.256 e. The molecular formula is C11H11ClN2OS. The van der Waals surface area contributed by atoms with Crippen LogP contribution >= 0.6 is 11.6 Å². The van der Waals surface area contributed by atoms with Crippen LogP contribution in [-0.2, 0) is 9.73 Å². The molecule has 0 bridgehead atoms. The van der Waals surface area contributed by atoms with Gasteiger partial charge in [-0.05, 0) is 24.3 Å². The molecule has 0 saturated carbocycles. The van der Waals surface area contributed by atoms with Crippen molar-refractivity contribution in [3.8, 4) is 0 Å². The van der Waals surface area contributed by atoms with Gasteiger partial charge in [0.2, 0.25) is 0 Å². The van der Waals surface area contributed by atoms with E-state index >= 15 is 0 Å². The molecule has 2 aromatic rings. The molecule has 1 aromatic carbocycles. The smallest absolute Gasteiger partial charge is 0.0738 e. The number of rotatable bonds is 1. The Bertz CT molecular complexity index is 652. The lowest BCUT2D eigenvalue weighted by atomic mass is 10.2. The molecule has 0 saturated heterocycles. The lowest BCUT2D eigenvalue weighted by molar-refractivity contribution is 0.684. The Morgan fingerprint density at radius 3 is 2.75 bits per heavy atom. The summed E-state index contributed by atoms with van der Waals surface area (Å²) >= 11 is 6.05.